The molecule has 0 aliphatic heterocycles. The minimum absolute atomic E-state index is 0.102. The van der Waals surface area contributed by atoms with Gasteiger partial charge < -0.3 is 14.9 Å². The number of hydrogen-bond acceptors (Lipinski definition) is 4. The third-order valence-electron chi connectivity index (χ3n) is 2.22. The van der Waals surface area contributed by atoms with Crippen LogP contribution in [-0.4, -0.2) is 41.2 Å². The summed E-state index contributed by atoms with van der Waals surface area (Å²) < 4.78 is 40.4. The molecule has 0 aromatic rings. The predicted molar refractivity (Wildman–Crippen MR) is 57.7 cm³/mol. The summed E-state index contributed by atoms with van der Waals surface area (Å²) in [5, 5.41) is 18.6. The fourth-order valence-corrected chi connectivity index (χ4v) is 1.14. The van der Waals surface area contributed by atoms with Crippen LogP contribution in [-0.2, 0) is 9.53 Å². The number of aliphatic hydroxyl groups is 2. The smallest absolute Gasteiger partial charge is 0.389 e. The average molecular weight is 270 g/mol. The van der Waals surface area contributed by atoms with Crippen molar-refractivity contribution in [2.75, 3.05) is 13.2 Å². The minimum Gasteiger partial charge on any atom is -0.459 e. The predicted octanol–water partition coefficient (Wildman–Crippen LogP) is 1.56. The zero-order valence-corrected chi connectivity index (χ0v) is 10.1. The first-order valence-corrected chi connectivity index (χ1v) is 5.32. The molecule has 0 amide bonds. The van der Waals surface area contributed by atoms with Crippen molar-refractivity contribution in [3.05, 3.63) is 12.2 Å². The van der Waals surface area contributed by atoms with Crippen LogP contribution in [0.15, 0.2) is 12.2 Å². The molecule has 0 bridgehead atoms. The molecular formula is C11H17F3O4. The summed E-state index contributed by atoms with van der Waals surface area (Å²) in [5.41, 5.74) is -1.75. The largest absolute Gasteiger partial charge is 0.459 e. The van der Waals surface area contributed by atoms with Crippen LogP contribution in [0.3, 0.4) is 0 Å². The van der Waals surface area contributed by atoms with Crippen molar-refractivity contribution in [1.82, 2.24) is 0 Å². The summed E-state index contributed by atoms with van der Waals surface area (Å²) in [4.78, 5) is 11.0. The lowest BCUT2D eigenvalue weighted by atomic mass is 9.98. The Balaban J connectivity index is 4.18. The second-order valence-electron chi connectivity index (χ2n) is 4.21. The van der Waals surface area contributed by atoms with Crippen molar-refractivity contribution < 1.29 is 32.9 Å². The quantitative estimate of drug-likeness (QED) is 0.544. The zero-order valence-electron chi connectivity index (χ0n) is 10.1. The summed E-state index contributed by atoms with van der Waals surface area (Å²) in [6, 6.07) is 0. The summed E-state index contributed by atoms with van der Waals surface area (Å²) in [6.07, 6.45) is -6.05. The normalized spacial score (nSPS) is 15.0. The van der Waals surface area contributed by atoms with Crippen LogP contribution in [0.25, 0.3) is 0 Å². The van der Waals surface area contributed by atoms with Gasteiger partial charge in [0.15, 0.2) is 0 Å². The third kappa shape index (κ3) is 7.29. The SMILES string of the molecule is C=C(C)C(=O)OCC(O)(CO)CCCC(F)(F)F. The Morgan fingerprint density at radius 3 is 2.28 bits per heavy atom. The molecule has 2 N–H and O–H groups in total. The Morgan fingerprint density at radius 2 is 1.89 bits per heavy atom. The number of alkyl halides is 3. The van der Waals surface area contributed by atoms with E-state index < -0.39 is 37.4 Å². The van der Waals surface area contributed by atoms with Crippen LogP contribution in [0.2, 0.25) is 0 Å². The van der Waals surface area contributed by atoms with Crippen LogP contribution in [0.4, 0.5) is 13.2 Å². The van der Waals surface area contributed by atoms with E-state index in [1.807, 2.05) is 0 Å². The van der Waals surface area contributed by atoms with Crippen LogP contribution >= 0.6 is 0 Å². The van der Waals surface area contributed by atoms with E-state index in [4.69, 9.17) is 5.11 Å². The van der Waals surface area contributed by atoms with Crippen molar-refractivity contribution in [2.24, 2.45) is 0 Å². The molecule has 106 valence electrons. The van der Waals surface area contributed by atoms with Crippen molar-refractivity contribution in [3.63, 3.8) is 0 Å². The lowest BCUT2D eigenvalue weighted by Gasteiger charge is -2.25. The molecule has 18 heavy (non-hydrogen) atoms. The molecular weight excluding hydrogens is 253 g/mol. The van der Waals surface area contributed by atoms with Gasteiger partial charge in [0.25, 0.3) is 0 Å². The summed E-state index contributed by atoms with van der Waals surface area (Å²) in [5.74, 6) is -0.766. The molecule has 1 atom stereocenters. The number of hydrogen-bond donors (Lipinski definition) is 2. The van der Waals surface area contributed by atoms with Crippen LogP contribution in [0.5, 0.6) is 0 Å². The summed E-state index contributed by atoms with van der Waals surface area (Å²) in [7, 11) is 0. The van der Waals surface area contributed by atoms with E-state index in [1.54, 1.807) is 0 Å². The number of rotatable bonds is 7. The van der Waals surface area contributed by atoms with Crippen LogP contribution in [0, 0.1) is 0 Å². The van der Waals surface area contributed by atoms with Gasteiger partial charge in [-0.15, -0.1) is 0 Å². The number of ether oxygens (including phenoxy) is 1. The van der Waals surface area contributed by atoms with E-state index in [1.165, 1.54) is 6.92 Å². The first kappa shape index (κ1) is 16.9. The maximum Gasteiger partial charge on any atom is 0.389 e. The molecule has 1 unspecified atom stereocenters. The van der Waals surface area contributed by atoms with Gasteiger partial charge in [0, 0.05) is 12.0 Å². The lowest BCUT2D eigenvalue weighted by Crippen LogP contribution is -2.39. The lowest BCUT2D eigenvalue weighted by molar-refractivity contribution is -0.154. The molecule has 7 heteroatoms. The molecule has 0 fully saturated rings. The first-order valence-electron chi connectivity index (χ1n) is 5.32. The highest BCUT2D eigenvalue weighted by Gasteiger charge is 2.32. The van der Waals surface area contributed by atoms with Gasteiger partial charge in [0.05, 0.1) is 6.61 Å². The second-order valence-corrected chi connectivity index (χ2v) is 4.21. The number of halogens is 3. The molecule has 0 aromatic carbocycles. The highest BCUT2D eigenvalue weighted by atomic mass is 19.4. The second kappa shape index (κ2) is 6.75. The molecule has 0 aromatic heterocycles. The van der Waals surface area contributed by atoms with Gasteiger partial charge in [0.1, 0.15) is 12.2 Å². The van der Waals surface area contributed by atoms with E-state index >= 15 is 0 Å². The van der Waals surface area contributed by atoms with E-state index in [0.717, 1.165) is 0 Å². The summed E-state index contributed by atoms with van der Waals surface area (Å²) in [6.45, 7) is 3.36. The maximum absolute atomic E-state index is 11.9. The number of aliphatic hydroxyl groups excluding tert-OH is 1. The van der Waals surface area contributed by atoms with Gasteiger partial charge >= 0.3 is 12.1 Å². The number of carbonyl (C=O) groups excluding carboxylic acids is 1. The Kier molecular flexibility index (Phi) is 6.34. The van der Waals surface area contributed by atoms with Crippen molar-refractivity contribution in [1.29, 1.82) is 0 Å². The molecule has 4 nitrogen and oxygen atoms in total. The third-order valence-corrected chi connectivity index (χ3v) is 2.22. The van der Waals surface area contributed by atoms with E-state index in [-0.39, 0.29) is 18.4 Å². The Morgan fingerprint density at radius 1 is 1.33 bits per heavy atom. The molecule has 0 saturated heterocycles. The Bertz CT molecular complexity index is 301. The molecule has 0 aliphatic rings. The Hall–Kier alpha value is -1.08. The van der Waals surface area contributed by atoms with Crippen molar-refractivity contribution in [3.8, 4) is 0 Å². The van der Waals surface area contributed by atoms with Gasteiger partial charge in [0.2, 0.25) is 0 Å². The van der Waals surface area contributed by atoms with Gasteiger partial charge in [-0.25, -0.2) is 4.79 Å². The van der Waals surface area contributed by atoms with Gasteiger partial charge in [-0.05, 0) is 19.8 Å². The maximum atomic E-state index is 11.9. The topological polar surface area (TPSA) is 66.8 Å². The molecule has 0 heterocycles. The van der Waals surface area contributed by atoms with E-state index in [9.17, 15) is 23.1 Å². The first-order chi connectivity index (χ1) is 8.09. The minimum atomic E-state index is -4.31. The molecule has 0 aliphatic carbocycles. The average Bonchev–Trinajstić information content (AvgIpc) is 2.24. The van der Waals surface area contributed by atoms with Gasteiger partial charge in [-0.2, -0.15) is 13.2 Å². The highest BCUT2D eigenvalue weighted by Crippen LogP contribution is 2.25. The Labute approximate surface area is 103 Å². The monoisotopic (exact) mass is 270 g/mol. The van der Waals surface area contributed by atoms with Crippen LogP contribution in [0.1, 0.15) is 26.2 Å². The standard InChI is InChI=1S/C11H17F3O4/c1-8(2)9(16)18-7-10(17,6-15)4-3-5-11(12,13)14/h15,17H,1,3-7H2,2H3. The van der Waals surface area contributed by atoms with Crippen molar-refractivity contribution in [2.45, 2.75) is 38.0 Å². The fraction of sp³-hybridized carbons (Fsp3) is 0.727. The molecule has 0 spiro atoms. The molecule has 0 saturated carbocycles. The van der Waals surface area contributed by atoms with Crippen molar-refractivity contribution >= 4 is 5.97 Å². The van der Waals surface area contributed by atoms with Gasteiger partial charge in [-0.3, -0.25) is 0 Å². The number of carbonyl (C=O) groups is 1. The van der Waals surface area contributed by atoms with Gasteiger partial charge in [-0.1, -0.05) is 6.58 Å². The molecule has 0 radical (unpaired) electrons. The zero-order chi connectivity index (χ0) is 14.4. The van der Waals surface area contributed by atoms with Crippen LogP contribution < -0.4 is 0 Å². The van der Waals surface area contributed by atoms with E-state index in [0.29, 0.717) is 0 Å². The fourth-order valence-electron chi connectivity index (χ4n) is 1.14. The highest BCUT2D eigenvalue weighted by molar-refractivity contribution is 5.86. The van der Waals surface area contributed by atoms with E-state index in [2.05, 4.69) is 11.3 Å². The summed E-state index contributed by atoms with van der Waals surface area (Å²) >= 11 is 0. The molecule has 0 rings (SSSR count). The number of esters is 1.